The molecule has 0 aliphatic heterocycles. The number of anilines is 1. The molecule has 0 atom stereocenters. The maximum atomic E-state index is 6.23. The van der Waals surface area contributed by atoms with Gasteiger partial charge in [-0.3, -0.25) is 0 Å². The molecule has 1 aromatic carbocycles. The van der Waals surface area contributed by atoms with Crippen molar-refractivity contribution in [3.8, 4) is 0 Å². The standard InChI is InChI=1S/C12H19ClN2/c1-4-15(9(2)3)12-6-5-10(8-14)7-11(12)13/h5-7,9H,4,8,14H2,1-3H3. The van der Waals surface area contributed by atoms with Crippen LogP contribution in [0.1, 0.15) is 26.3 Å². The van der Waals surface area contributed by atoms with Crippen molar-refractivity contribution in [1.29, 1.82) is 0 Å². The molecule has 0 aromatic heterocycles. The second kappa shape index (κ2) is 5.38. The van der Waals surface area contributed by atoms with Crippen LogP contribution in [0.5, 0.6) is 0 Å². The Morgan fingerprint density at radius 1 is 1.40 bits per heavy atom. The van der Waals surface area contributed by atoms with Crippen molar-refractivity contribution in [2.45, 2.75) is 33.4 Å². The number of halogens is 1. The molecular weight excluding hydrogens is 208 g/mol. The van der Waals surface area contributed by atoms with Crippen LogP contribution in [0.15, 0.2) is 18.2 Å². The summed E-state index contributed by atoms with van der Waals surface area (Å²) in [6.07, 6.45) is 0. The van der Waals surface area contributed by atoms with Gasteiger partial charge in [0.05, 0.1) is 10.7 Å². The largest absolute Gasteiger partial charge is 0.368 e. The fourth-order valence-electron chi connectivity index (χ4n) is 1.72. The number of nitrogens with two attached hydrogens (primary N) is 1. The van der Waals surface area contributed by atoms with E-state index in [1.165, 1.54) is 0 Å². The van der Waals surface area contributed by atoms with E-state index in [4.69, 9.17) is 17.3 Å². The van der Waals surface area contributed by atoms with E-state index in [1.807, 2.05) is 18.2 Å². The second-order valence-electron chi connectivity index (χ2n) is 3.87. The monoisotopic (exact) mass is 226 g/mol. The highest BCUT2D eigenvalue weighted by molar-refractivity contribution is 6.33. The predicted octanol–water partition coefficient (Wildman–Crippen LogP) is 3.03. The Balaban J connectivity index is 3.03. The first-order valence-corrected chi connectivity index (χ1v) is 5.73. The summed E-state index contributed by atoms with van der Waals surface area (Å²) in [5.41, 5.74) is 7.73. The Bertz CT molecular complexity index is 323. The van der Waals surface area contributed by atoms with Crippen LogP contribution >= 0.6 is 11.6 Å². The average molecular weight is 227 g/mol. The van der Waals surface area contributed by atoms with Gasteiger partial charge in [-0.15, -0.1) is 0 Å². The SMILES string of the molecule is CCN(c1ccc(CN)cc1Cl)C(C)C. The van der Waals surface area contributed by atoms with Crippen LogP contribution in [0.25, 0.3) is 0 Å². The van der Waals surface area contributed by atoms with Gasteiger partial charge in [0.15, 0.2) is 0 Å². The summed E-state index contributed by atoms with van der Waals surface area (Å²) in [6, 6.07) is 6.48. The van der Waals surface area contributed by atoms with Crippen molar-refractivity contribution in [2.24, 2.45) is 5.73 Å². The van der Waals surface area contributed by atoms with Gasteiger partial charge in [0.25, 0.3) is 0 Å². The Morgan fingerprint density at radius 2 is 2.07 bits per heavy atom. The Hall–Kier alpha value is -0.730. The summed E-state index contributed by atoms with van der Waals surface area (Å²) < 4.78 is 0. The zero-order chi connectivity index (χ0) is 11.4. The molecule has 0 aliphatic carbocycles. The topological polar surface area (TPSA) is 29.3 Å². The highest BCUT2D eigenvalue weighted by Crippen LogP contribution is 2.28. The fourth-order valence-corrected chi connectivity index (χ4v) is 2.04. The molecule has 0 radical (unpaired) electrons. The van der Waals surface area contributed by atoms with Crippen LogP contribution in [-0.4, -0.2) is 12.6 Å². The lowest BCUT2D eigenvalue weighted by Gasteiger charge is -2.28. The first-order chi connectivity index (χ1) is 7.10. The van der Waals surface area contributed by atoms with Crippen LogP contribution in [0.3, 0.4) is 0 Å². The third-order valence-corrected chi connectivity index (χ3v) is 2.82. The van der Waals surface area contributed by atoms with Gasteiger partial charge in [-0.1, -0.05) is 17.7 Å². The normalized spacial score (nSPS) is 10.8. The molecule has 0 saturated carbocycles. The van der Waals surface area contributed by atoms with Crippen molar-refractivity contribution >= 4 is 17.3 Å². The first kappa shape index (κ1) is 12.3. The molecule has 0 heterocycles. The minimum atomic E-state index is 0.455. The van der Waals surface area contributed by atoms with Crippen molar-refractivity contribution in [1.82, 2.24) is 0 Å². The Morgan fingerprint density at radius 3 is 2.47 bits per heavy atom. The third kappa shape index (κ3) is 2.86. The van der Waals surface area contributed by atoms with Crippen LogP contribution in [0.4, 0.5) is 5.69 Å². The van der Waals surface area contributed by atoms with Gasteiger partial charge in [0, 0.05) is 19.1 Å². The van der Waals surface area contributed by atoms with Gasteiger partial charge in [-0.05, 0) is 38.5 Å². The van der Waals surface area contributed by atoms with Gasteiger partial charge >= 0.3 is 0 Å². The van der Waals surface area contributed by atoms with Gasteiger partial charge in [-0.25, -0.2) is 0 Å². The smallest absolute Gasteiger partial charge is 0.0642 e. The van der Waals surface area contributed by atoms with E-state index in [1.54, 1.807) is 0 Å². The molecule has 2 nitrogen and oxygen atoms in total. The summed E-state index contributed by atoms with van der Waals surface area (Å²) in [5.74, 6) is 0. The molecule has 0 fully saturated rings. The summed E-state index contributed by atoms with van der Waals surface area (Å²) in [4.78, 5) is 2.27. The van der Waals surface area contributed by atoms with Crippen LogP contribution in [0, 0.1) is 0 Å². The number of nitrogens with zero attached hydrogens (tertiary/aromatic N) is 1. The van der Waals surface area contributed by atoms with E-state index in [-0.39, 0.29) is 0 Å². The van der Waals surface area contributed by atoms with Gasteiger partial charge in [0.2, 0.25) is 0 Å². The molecule has 0 unspecified atom stereocenters. The average Bonchev–Trinajstić information content (AvgIpc) is 2.20. The van der Waals surface area contributed by atoms with E-state index in [9.17, 15) is 0 Å². The molecule has 0 saturated heterocycles. The lowest BCUT2D eigenvalue weighted by Crippen LogP contribution is -2.30. The number of hydrogen-bond acceptors (Lipinski definition) is 2. The zero-order valence-corrected chi connectivity index (χ0v) is 10.4. The van der Waals surface area contributed by atoms with E-state index >= 15 is 0 Å². The van der Waals surface area contributed by atoms with Crippen LogP contribution in [-0.2, 0) is 6.54 Å². The van der Waals surface area contributed by atoms with Crippen molar-refractivity contribution in [3.05, 3.63) is 28.8 Å². The van der Waals surface area contributed by atoms with Gasteiger partial charge in [0.1, 0.15) is 0 Å². The molecule has 3 heteroatoms. The predicted molar refractivity (Wildman–Crippen MR) is 67.5 cm³/mol. The molecule has 1 aromatic rings. The summed E-state index contributed by atoms with van der Waals surface area (Å²) >= 11 is 6.23. The summed E-state index contributed by atoms with van der Waals surface area (Å²) in [7, 11) is 0. The molecular formula is C12H19ClN2. The highest BCUT2D eigenvalue weighted by atomic mass is 35.5. The Kier molecular flexibility index (Phi) is 4.43. The van der Waals surface area contributed by atoms with Crippen LogP contribution in [0.2, 0.25) is 5.02 Å². The molecule has 0 aliphatic rings. The summed E-state index contributed by atoms with van der Waals surface area (Å²) in [5, 5.41) is 0.786. The molecule has 0 spiro atoms. The lowest BCUT2D eigenvalue weighted by molar-refractivity contribution is 0.704. The highest BCUT2D eigenvalue weighted by Gasteiger charge is 2.11. The molecule has 0 amide bonds. The first-order valence-electron chi connectivity index (χ1n) is 5.35. The van der Waals surface area contributed by atoms with Crippen molar-refractivity contribution in [3.63, 3.8) is 0 Å². The fraction of sp³-hybridized carbons (Fsp3) is 0.500. The Labute approximate surface area is 97.0 Å². The minimum absolute atomic E-state index is 0.455. The molecule has 84 valence electrons. The number of benzene rings is 1. The van der Waals surface area contributed by atoms with E-state index in [0.29, 0.717) is 12.6 Å². The minimum Gasteiger partial charge on any atom is -0.368 e. The molecule has 2 N–H and O–H groups in total. The maximum absolute atomic E-state index is 6.23. The number of hydrogen-bond donors (Lipinski definition) is 1. The third-order valence-electron chi connectivity index (χ3n) is 2.52. The maximum Gasteiger partial charge on any atom is 0.0642 e. The lowest BCUT2D eigenvalue weighted by atomic mass is 10.1. The zero-order valence-electron chi connectivity index (χ0n) is 9.63. The van der Waals surface area contributed by atoms with E-state index in [0.717, 1.165) is 22.8 Å². The second-order valence-corrected chi connectivity index (χ2v) is 4.28. The molecule has 0 bridgehead atoms. The van der Waals surface area contributed by atoms with E-state index < -0.39 is 0 Å². The number of rotatable bonds is 4. The van der Waals surface area contributed by atoms with Crippen LogP contribution < -0.4 is 10.6 Å². The molecule has 1 rings (SSSR count). The van der Waals surface area contributed by atoms with Crippen molar-refractivity contribution < 1.29 is 0 Å². The quantitative estimate of drug-likeness (QED) is 0.855. The van der Waals surface area contributed by atoms with Crippen molar-refractivity contribution in [2.75, 3.05) is 11.4 Å². The molecule has 15 heavy (non-hydrogen) atoms. The van der Waals surface area contributed by atoms with Gasteiger partial charge < -0.3 is 10.6 Å². The summed E-state index contributed by atoms with van der Waals surface area (Å²) in [6.45, 7) is 7.95. The van der Waals surface area contributed by atoms with Gasteiger partial charge in [-0.2, -0.15) is 0 Å². The van der Waals surface area contributed by atoms with E-state index in [2.05, 4.69) is 25.7 Å².